The van der Waals surface area contributed by atoms with Crippen molar-refractivity contribution in [1.29, 1.82) is 0 Å². The number of imide groups is 1. The van der Waals surface area contributed by atoms with Gasteiger partial charge in [0.1, 0.15) is 0 Å². The summed E-state index contributed by atoms with van der Waals surface area (Å²) in [6.07, 6.45) is 0. The number of amides is 3. The number of rotatable bonds is 10. The summed E-state index contributed by atoms with van der Waals surface area (Å²) in [6.45, 7) is 5.48. The minimum atomic E-state index is -0.295. The third-order valence-corrected chi connectivity index (χ3v) is 4.82. The molecule has 0 atom stereocenters. The highest BCUT2D eigenvalue weighted by atomic mass is 16.5. The molecule has 0 bridgehead atoms. The maximum atomic E-state index is 12.4. The highest BCUT2D eigenvalue weighted by Gasteiger charge is 2.34. The number of fused-ring (bicyclic) bond motifs is 1. The molecule has 0 saturated carbocycles. The predicted octanol–water partition coefficient (Wildman–Crippen LogP) is 2.65. The lowest BCUT2D eigenvalue weighted by molar-refractivity contribution is -0.117. The predicted molar refractivity (Wildman–Crippen MR) is 117 cm³/mol. The molecule has 1 aliphatic heterocycles. The van der Waals surface area contributed by atoms with Crippen molar-refractivity contribution in [2.75, 3.05) is 45.2 Å². The molecule has 0 fully saturated rings. The molecule has 8 nitrogen and oxygen atoms in total. The molecule has 164 valence electrons. The fourth-order valence-corrected chi connectivity index (χ4v) is 3.37. The SMILES string of the molecule is CCOc1ccc(NC(=O)CN(C)CCN2C(=O)c3ccccc3C2=O)cc1OCC. The summed E-state index contributed by atoms with van der Waals surface area (Å²) in [4.78, 5) is 40.3. The van der Waals surface area contributed by atoms with E-state index >= 15 is 0 Å². The average molecular weight is 425 g/mol. The van der Waals surface area contributed by atoms with Crippen LogP contribution in [0.25, 0.3) is 0 Å². The maximum absolute atomic E-state index is 12.4. The molecule has 0 aliphatic carbocycles. The van der Waals surface area contributed by atoms with Gasteiger partial charge in [-0.05, 0) is 45.2 Å². The number of hydrogen-bond acceptors (Lipinski definition) is 6. The zero-order valence-electron chi connectivity index (χ0n) is 18.0. The van der Waals surface area contributed by atoms with E-state index in [0.717, 1.165) is 0 Å². The molecule has 31 heavy (non-hydrogen) atoms. The van der Waals surface area contributed by atoms with Gasteiger partial charge in [0.05, 0.1) is 30.9 Å². The molecule has 1 aliphatic rings. The van der Waals surface area contributed by atoms with Gasteiger partial charge in [0.2, 0.25) is 5.91 Å². The Morgan fingerprint density at radius 2 is 1.58 bits per heavy atom. The lowest BCUT2D eigenvalue weighted by Crippen LogP contribution is -2.39. The van der Waals surface area contributed by atoms with Crippen LogP contribution in [0.5, 0.6) is 11.5 Å². The highest BCUT2D eigenvalue weighted by Crippen LogP contribution is 2.30. The van der Waals surface area contributed by atoms with Crippen molar-refractivity contribution in [1.82, 2.24) is 9.80 Å². The summed E-state index contributed by atoms with van der Waals surface area (Å²) in [5.74, 6) is 0.394. The minimum Gasteiger partial charge on any atom is -0.490 e. The van der Waals surface area contributed by atoms with E-state index in [1.807, 2.05) is 13.8 Å². The molecular formula is C23H27N3O5. The van der Waals surface area contributed by atoms with E-state index in [0.29, 0.717) is 48.1 Å². The van der Waals surface area contributed by atoms with Crippen molar-refractivity contribution < 1.29 is 23.9 Å². The van der Waals surface area contributed by atoms with Crippen molar-refractivity contribution in [3.63, 3.8) is 0 Å². The number of carbonyl (C=O) groups excluding carboxylic acids is 3. The van der Waals surface area contributed by atoms with E-state index in [2.05, 4.69) is 5.32 Å². The van der Waals surface area contributed by atoms with Crippen LogP contribution in [0.15, 0.2) is 42.5 Å². The van der Waals surface area contributed by atoms with Crippen LogP contribution in [-0.4, -0.2) is 67.4 Å². The van der Waals surface area contributed by atoms with Crippen LogP contribution < -0.4 is 14.8 Å². The third-order valence-electron chi connectivity index (χ3n) is 4.82. The van der Waals surface area contributed by atoms with Crippen molar-refractivity contribution in [3.05, 3.63) is 53.6 Å². The zero-order chi connectivity index (χ0) is 22.4. The Bertz CT molecular complexity index is 940. The van der Waals surface area contributed by atoms with Crippen LogP contribution in [0, 0.1) is 0 Å². The largest absolute Gasteiger partial charge is 0.490 e. The van der Waals surface area contributed by atoms with Crippen LogP contribution in [0.4, 0.5) is 5.69 Å². The number of hydrogen-bond donors (Lipinski definition) is 1. The second-order valence-electron chi connectivity index (χ2n) is 7.12. The number of nitrogens with zero attached hydrogens (tertiary/aromatic N) is 2. The summed E-state index contributed by atoms with van der Waals surface area (Å²) >= 11 is 0. The van der Waals surface area contributed by atoms with Gasteiger partial charge in [-0.2, -0.15) is 0 Å². The van der Waals surface area contributed by atoms with Crippen LogP contribution in [0.2, 0.25) is 0 Å². The molecule has 8 heteroatoms. The molecule has 0 aromatic heterocycles. The van der Waals surface area contributed by atoms with Gasteiger partial charge in [0.25, 0.3) is 11.8 Å². The summed E-state index contributed by atoms with van der Waals surface area (Å²) in [5.41, 5.74) is 1.45. The van der Waals surface area contributed by atoms with Gasteiger partial charge in [-0.3, -0.25) is 24.2 Å². The Morgan fingerprint density at radius 1 is 0.968 bits per heavy atom. The first kappa shape index (κ1) is 22.3. The number of carbonyl (C=O) groups is 3. The Morgan fingerprint density at radius 3 is 2.19 bits per heavy atom. The van der Waals surface area contributed by atoms with Crippen molar-refractivity contribution in [2.24, 2.45) is 0 Å². The minimum absolute atomic E-state index is 0.111. The van der Waals surface area contributed by atoms with E-state index in [9.17, 15) is 14.4 Å². The quantitative estimate of drug-likeness (QED) is 0.589. The van der Waals surface area contributed by atoms with Crippen LogP contribution in [0.3, 0.4) is 0 Å². The lowest BCUT2D eigenvalue weighted by Gasteiger charge is -2.20. The molecule has 3 amide bonds. The van der Waals surface area contributed by atoms with Gasteiger partial charge in [-0.15, -0.1) is 0 Å². The average Bonchev–Trinajstić information content (AvgIpc) is 2.99. The Hall–Kier alpha value is -3.39. The highest BCUT2D eigenvalue weighted by molar-refractivity contribution is 6.21. The summed E-state index contributed by atoms with van der Waals surface area (Å²) in [5, 5.41) is 2.84. The molecule has 2 aromatic carbocycles. The number of likely N-dealkylation sites (N-methyl/N-ethyl adjacent to an activating group) is 1. The van der Waals surface area contributed by atoms with Crippen LogP contribution >= 0.6 is 0 Å². The van der Waals surface area contributed by atoms with Gasteiger partial charge in [-0.25, -0.2) is 0 Å². The fourth-order valence-electron chi connectivity index (χ4n) is 3.37. The van der Waals surface area contributed by atoms with E-state index < -0.39 is 0 Å². The van der Waals surface area contributed by atoms with Gasteiger partial charge >= 0.3 is 0 Å². The topological polar surface area (TPSA) is 88.2 Å². The lowest BCUT2D eigenvalue weighted by atomic mass is 10.1. The first-order valence-corrected chi connectivity index (χ1v) is 10.3. The van der Waals surface area contributed by atoms with E-state index in [4.69, 9.17) is 9.47 Å². The molecule has 0 saturated heterocycles. The normalized spacial score (nSPS) is 12.8. The number of ether oxygens (including phenoxy) is 2. The molecule has 0 radical (unpaired) electrons. The Balaban J connectivity index is 1.53. The summed E-state index contributed by atoms with van der Waals surface area (Å²) < 4.78 is 11.1. The first-order valence-electron chi connectivity index (χ1n) is 10.3. The second kappa shape index (κ2) is 10.1. The van der Waals surface area contributed by atoms with Crippen LogP contribution in [0.1, 0.15) is 34.6 Å². The van der Waals surface area contributed by atoms with Gasteiger partial charge in [0.15, 0.2) is 11.5 Å². The van der Waals surface area contributed by atoms with E-state index in [-0.39, 0.29) is 30.8 Å². The molecule has 3 rings (SSSR count). The molecule has 1 heterocycles. The Kier molecular flexibility index (Phi) is 7.25. The second-order valence-corrected chi connectivity index (χ2v) is 7.12. The smallest absolute Gasteiger partial charge is 0.261 e. The van der Waals surface area contributed by atoms with Crippen molar-refractivity contribution in [2.45, 2.75) is 13.8 Å². The number of benzene rings is 2. The molecule has 0 spiro atoms. The van der Waals surface area contributed by atoms with Gasteiger partial charge in [-0.1, -0.05) is 12.1 Å². The summed E-state index contributed by atoms with van der Waals surface area (Å²) in [7, 11) is 1.77. The monoisotopic (exact) mass is 425 g/mol. The Labute approximate surface area is 181 Å². The number of nitrogens with one attached hydrogen (secondary N) is 1. The first-order chi connectivity index (χ1) is 14.9. The van der Waals surface area contributed by atoms with Crippen LogP contribution in [-0.2, 0) is 4.79 Å². The zero-order valence-corrected chi connectivity index (χ0v) is 18.0. The summed E-state index contributed by atoms with van der Waals surface area (Å²) in [6, 6.07) is 12.0. The standard InChI is InChI=1S/C23H27N3O5/c1-4-30-19-11-10-16(14-20(19)31-5-2)24-21(27)15-25(3)12-13-26-22(28)17-8-6-7-9-18(17)23(26)29/h6-11,14H,4-5,12-13,15H2,1-3H3,(H,24,27). The van der Waals surface area contributed by atoms with Gasteiger partial charge < -0.3 is 14.8 Å². The molecule has 0 unspecified atom stereocenters. The molecule has 2 aromatic rings. The van der Waals surface area contributed by atoms with Crippen molar-refractivity contribution in [3.8, 4) is 11.5 Å². The van der Waals surface area contributed by atoms with E-state index in [1.54, 1.807) is 54.4 Å². The molecule has 1 N–H and O–H groups in total. The third kappa shape index (κ3) is 5.21. The van der Waals surface area contributed by atoms with Gasteiger partial charge in [0, 0.05) is 24.8 Å². The number of anilines is 1. The van der Waals surface area contributed by atoms with Crippen molar-refractivity contribution >= 4 is 23.4 Å². The maximum Gasteiger partial charge on any atom is 0.261 e. The van der Waals surface area contributed by atoms with E-state index in [1.165, 1.54) is 4.90 Å². The molecular weight excluding hydrogens is 398 g/mol. The fraction of sp³-hybridized carbons (Fsp3) is 0.348.